The van der Waals surface area contributed by atoms with E-state index in [1.807, 2.05) is 0 Å². The quantitative estimate of drug-likeness (QED) is 0.603. The first-order valence-electron chi connectivity index (χ1n) is 5.77. The Kier molecular flexibility index (Phi) is 2.59. The summed E-state index contributed by atoms with van der Waals surface area (Å²) in [5, 5.41) is 3.47. The van der Waals surface area contributed by atoms with E-state index in [0.29, 0.717) is 0 Å². The summed E-state index contributed by atoms with van der Waals surface area (Å²) in [6.45, 7) is 9.55. The SMILES string of the molecule is CC1=C([Si](C)(C)C2=C(C)C=CC2)CC=C1. The van der Waals surface area contributed by atoms with Crippen molar-refractivity contribution in [1.29, 1.82) is 0 Å². The van der Waals surface area contributed by atoms with Crippen molar-refractivity contribution in [3.63, 3.8) is 0 Å². The van der Waals surface area contributed by atoms with E-state index in [1.54, 1.807) is 10.4 Å². The van der Waals surface area contributed by atoms with Crippen LogP contribution in [-0.2, 0) is 0 Å². The Bertz CT molecular complexity index is 365. The molecule has 0 atom stereocenters. The number of allylic oxidation sites excluding steroid dienone is 8. The Morgan fingerprint density at radius 1 is 0.867 bits per heavy atom. The molecule has 15 heavy (non-hydrogen) atoms. The lowest BCUT2D eigenvalue weighted by molar-refractivity contribution is 1.26. The van der Waals surface area contributed by atoms with Crippen molar-refractivity contribution >= 4 is 8.07 Å². The Balaban J connectivity index is 2.37. The molecule has 0 N–H and O–H groups in total. The number of rotatable bonds is 2. The van der Waals surface area contributed by atoms with Crippen molar-refractivity contribution in [2.45, 2.75) is 39.8 Å². The van der Waals surface area contributed by atoms with Crippen LogP contribution in [0.4, 0.5) is 0 Å². The van der Waals surface area contributed by atoms with Gasteiger partial charge in [-0.1, -0.05) is 58.9 Å². The molecule has 0 heterocycles. The van der Waals surface area contributed by atoms with E-state index in [2.05, 4.69) is 51.2 Å². The summed E-state index contributed by atoms with van der Waals surface area (Å²) >= 11 is 0. The minimum atomic E-state index is -1.33. The molecule has 0 unspecified atom stereocenters. The van der Waals surface area contributed by atoms with Crippen LogP contribution in [0.2, 0.25) is 13.1 Å². The van der Waals surface area contributed by atoms with Crippen molar-refractivity contribution in [3.05, 3.63) is 45.8 Å². The van der Waals surface area contributed by atoms with Crippen LogP contribution in [0.25, 0.3) is 0 Å². The highest BCUT2D eigenvalue weighted by atomic mass is 28.3. The average Bonchev–Trinajstić information content (AvgIpc) is 2.73. The van der Waals surface area contributed by atoms with Crippen LogP contribution in [0.3, 0.4) is 0 Å². The highest BCUT2D eigenvalue weighted by Crippen LogP contribution is 2.37. The summed E-state index contributed by atoms with van der Waals surface area (Å²) < 4.78 is 0. The van der Waals surface area contributed by atoms with Gasteiger partial charge in [-0.3, -0.25) is 0 Å². The van der Waals surface area contributed by atoms with Crippen LogP contribution in [0, 0.1) is 0 Å². The highest BCUT2D eigenvalue weighted by molar-refractivity contribution is 6.91. The van der Waals surface area contributed by atoms with Crippen LogP contribution >= 0.6 is 0 Å². The predicted octanol–water partition coefficient (Wildman–Crippen LogP) is 4.33. The van der Waals surface area contributed by atoms with Crippen molar-refractivity contribution in [2.75, 3.05) is 0 Å². The Hall–Kier alpha value is -0.823. The van der Waals surface area contributed by atoms with Gasteiger partial charge in [-0.15, -0.1) is 0 Å². The summed E-state index contributed by atoms with van der Waals surface area (Å²) in [7, 11) is -1.33. The van der Waals surface area contributed by atoms with Gasteiger partial charge in [-0.2, -0.15) is 0 Å². The average molecular weight is 216 g/mol. The van der Waals surface area contributed by atoms with Gasteiger partial charge in [0.25, 0.3) is 0 Å². The molecule has 2 aliphatic carbocycles. The van der Waals surface area contributed by atoms with Crippen LogP contribution in [0.15, 0.2) is 45.8 Å². The molecule has 0 saturated heterocycles. The molecule has 2 rings (SSSR count). The minimum absolute atomic E-state index is 1.20. The molecule has 0 spiro atoms. The van der Waals surface area contributed by atoms with Crippen molar-refractivity contribution in [3.8, 4) is 0 Å². The molecule has 0 radical (unpaired) electrons. The van der Waals surface area contributed by atoms with Gasteiger partial charge in [-0.25, -0.2) is 0 Å². The minimum Gasteiger partial charge on any atom is -0.0806 e. The number of hydrogen-bond acceptors (Lipinski definition) is 0. The molecule has 0 saturated carbocycles. The molecular formula is C14H20Si. The van der Waals surface area contributed by atoms with Crippen LogP contribution in [0.5, 0.6) is 0 Å². The summed E-state index contributed by atoms with van der Waals surface area (Å²) in [5.41, 5.74) is 3.05. The molecule has 0 fully saturated rings. The molecule has 0 bridgehead atoms. The van der Waals surface area contributed by atoms with Gasteiger partial charge in [0.1, 0.15) is 8.07 Å². The molecule has 0 aliphatic heterocycles. The molecule has 0 aromatic heterocycles. The second-order valence-electron chi connectivity index (χ2n) is 5.16. The Morgan fingerprint density at radius 3 is 1.53 bits per heavy atom. The molecule has 0 amide bonds. The Morgan fingerprint density at radius 2 is 1.27 bits per heavy atom. The number of hydrogen-bond donors (Lipinski definition) is 0. The van der Waals surface area contributed by atoms with E-state index in [9.17, 15) is 0 Å². The maximum Gasteiger partial charge on any atom is 0.104 e. The molecule has 0 aromatic rings. The van der Waals surface area contributed by atoms with E-state index in [1.165, 1.54) is 24.0 Å². The molecule has 0 nitrogen and oxygen atoms in total. The second-order valence-corrected chi connectivity index (χ2v) is 9.62. The fraction of sp³-hybridized carbons (Fsp3) is 0.429. The first-order chi connectivity index (χ1) is 7.03. The maximum atomic E-state index is 2.50. The third-order valence-corrected chi connectivity index (χ3v) is 8.06. The second kappa shape index (κ2) is 3.64. The molecule has 80 valence electrons. The first kappa shape index (κ1) is 10.7. The van der Waals surface area contributed by atoms with E-state index in [-0.39, 0.29) is 0 Å². The van der Waals surface area contributed by atoms with Crippen LogP contribution in [-0.4, -0.2) is 8.07 Å². The summed E-state index contributed by atoms with van der Waals surface area (Å²) in [5.74, 6) is 0. The van der Waals surface area contributed by atoms with E-state index < -0.39 is 8.07 Å². The van der Waals surface area contributed by atoms with Gasteiger partial charge in [-0.05, 0) is 26.7 Å². The fourth-order valence-electron chi connectivity index (χ4n) is 2.91. The molecule has 2 aliphatic rings. The summed E-state index contributed by atoms with van der Waals surface area (Å²) in [6, 6.07) is 0. The van der Waals surface area contributed by atoms with Gasteiger partial charge < -0.3 is 0 Å². The standard InChI is InChI=1S/C14H20Si/c1-11-7-5-9-13(11)15(3,4)14-10-6-8-12(14)2/h5-8H,9-10H2,1-4H3. The topological polar surface area (TPSA) is 0 Å². The summed E-state index contributed by atoms with van der Waals surface area (Å²) in [6.07, 6.45) is 11.6. The van der Waals surface area contributed by atoms with Crippen molar-refractivity contribution in [2.24, 2.45) is 0 Å². The van der Waals surface area contributed by atoms with Gasteiger partial charge in [0.05, 0.1) is 0 Å². The zero-order valence-corrected chi connectivity index (χ0v) is 11.2. The maximum absolute atomic E-state index is 2.50. The summed E-state index contributed by atoms with van der Waals surface area (Å²) in [4.78, 5) is 0. The largest absolute Gasteiger partial charge is 0.104 e. The monoisotopic (exact) mass is 216 g/mol. The lowest BCUT2D eigenvalue weighted by Crippen LogP contribution is -2.32. The van der Waals surface area contributed by atoms with Gasteiger partial charge in [0.2, 0.25) is 0 Å². The normalized spacial score (nSPS) is 21.1. The third-order valence-electron chi connectivity index (χ3n) is 3.84. The fourth-order valence-corrected chi connectivity index (χ4v) is 6.67. The zero-order valence-electron chi connectivity index (χ0n) is 10.2. The highest BCUT2D eigenvalue weighted by Gasteiger charge is 2.33. The van der Waals surface area contributed by atoms with Gasteiger partial charge in [0, 0.05) is 0 Å². The lowest BCUT2D eigenvalue weighted by Gasteiger charge is -2.28. The van der Waals surface area contributed by atoms with E-state index >= 15 is 0 Å². The Labute approximate surface area is 94.1 Å². The molecular weight excluding hydrogens is 196 g/mol. The lowest BCUT2D eigenvalue weighted by atomic mass is 10.3. The van der Waals surface area contributed by atoms with Gasteiger partial charge >= 0.3 is 0 Å². The van der Waals surface area contributed by atoms with E-state index in [0.717, 1.165) is 0 Å². The third kappa shape index (κ3) is 1.69. The first-order valence-corrected chi connectivity index (χ1v) is 8.77. The smallest absolute Gasteiger partial charge is 0.0806 e. The van der Waals surface area contributed by atoms with Crippen molar-refractivity contribution < 1.29 is 0 Å². The van der Waals surface area contributed by atoms with Crippen molar-refractivity contribution in [1.82, 2.24) is 0 Å². The van der Waals surface area contributed by atoms with Gasteiger partial charge in [0.15, 0.2) is 0 Å². The van der Waals surface area contributed by atoms with Crippen LogP contribution < -0.4 is 0 Å². The predicted molar refractivity (Wildman–Crippen MR) is 70.4 cm³/mol. The van der Waals surface area contributed by atoms with Crippen LogP contribution in [0.1, 0.15) is 26.7 Å². The van der Waals surface area contributed by atoms with E-state index in [4.69, 9.17) is 0 Å². The molecule has 1 heteroatoms. The molecule has 0 aromatic carbocycles. The zero-order chi connectivity index (χ0) is 11.1.